The zero-order chi connectivity index (χ0) is 13.1. The Morgan fingerprint density at radius 1 is 1.42 bits per heavy atom. The third-order valence-corrected chi connectivity index (χ3v) is 3.20. The second-order valence-corrected chi connectivity index (χ2v) is 4.85. The van der Waals surface area contributed by atoms with Crippen LogP contribution in [-0.2, 0) is 11.3 Å². The molecule has 1 aromatic carbocycles. The Balaban J connectivity index is 1.61. The minimum atomic E-state index is -0.0105. The van der Waals surface area contributed by atoms with Crippen LogP contribution in [0.4, 0.5) is 5.69 Å². The summed E-state index contributed by atoms with van der Waals surface area (Å²) in [7, 11) is 0. The highest BCUT2D eigenvalue weighted by Gasteiger charge is 2.22. The van der Waals surface area contributed by atoms with E-state index in [4.69, 9.17) is 20.9 Å². The molecule has 1 aliphatic heterocycles. The minimum Gasteiger partial charge on any atom is -0.376 e. The van der Waals surface area contributed by atoms with Gasteiger partial charge in [-0.3, -0.25) is 0 Å². The number of rotatable bonds is 4. The molecular weight excluding hydrogens is 266 g/mol. The Morgan fingerprint density at radius 2 is 2.37 bits per heavy atom. The SMILES string of the molecule is Clc1cccc(NCc2nc(C3CCCO3)no2)c1. The smallest absolute Gasteiger partial charge is 0.246 e. The van der Waals surface area contributed by atoms with Crippen molar-refractivity contribution in [2.24, 2.45) is 0 Å². The Hall–Kier alpha value is -1.59. The molecule has 0 aliphatic carbocycles. The van der Waals surface area contributed by atoms with E-state index in [2.05, 4.69) is 15.5 Å². The van der Waals surface area contributed by atoms with E-state index in [-0.39, 0.29) is 6.10 Å². The standard InChI is InChI=1S/C13H14ClN3O2/c14-9-3-1-4-10(7-9)15-8-12-16-13(17-19-12)11-5-2-6-18-11/h1,3-4,7,11,15H,2,5-6,8H2. The molecule has 1 atom stereocenters. The zero-order valence-corrected chi connectivity index (χ0v) is 11.1. The number of hydrogen-bond donors (Lipinski definition) is 1. The average Bonchev–Trinajstić information content (AvgIpc) is 3.07. The Labute approximate surface area is 115 Å². The predicted molar refractivity (Wildman–Crippen MR) is 71.0 cm³/mol. The van der Waals surface area contributed by atoms with Crippen molar-refractivity contribution < 1.29 is 9.26 Å². The maximum absolute atomic E-state index is 5.91. The average molecular weight is 280 g/mol. The number of benzene rings is 1. The molecule has 1 saturated heterocycles. The van der Waals surface area contributed by atoms with Crippen LogP contribution < -0.4 is 5.32 Å². The van der Waals surface area contributed by atoms with E-state index >= 15 is 0 Å². The topological polar surface area (TPSA) is 60.2 Å². The monoisotopic (exact) mass is 279 g/mol. The highest BCUT2D eigenvalue weighted by molar-refractivity contribution is 6.30. The molecule has 0 spiro atoms. The number of aromatic nitrogens is 2. The number of hydrogen-bond acceptors (Lipinski definition) is 5. The van der Waals surface area contributed by atoms with Crippen LogP contribution in [0.2, 0.25) is 5.02 Å². The van der Waals surface area contributed by atoms with E-state index in [1.165, 1.54) is 0 Å². The van der Waals surface area contributed by atoms with Crippen LogP contribution in [0, 0.1) is 0 Å². The van der Waals surface area contributed by atoms with Crippen LogP contribution >= 0.6 is 11.6 Å². The summed E-state index contributed by atoms with van der Waals surface area (Å²) in [5, 5.41) is 7.83. The van der Waals surface area contributed by atoms with Gasteiger partial charge in [-0.2, -0.15) is 4.98 Å². The molecule has 1 fully saturated rings. The Bertz CT molecular complexity index is 552. The molecule has 0 bridgehead atoms. The van der Waals surface area contributed by atoms with Gasteiger partial charge in [0.25, 0.3) is 0 Å². The van der Waals surface area contributed by atoms with Crippen LogP contribution in [0.3, 0.4) is 0 Å². The first-order chi connectivity index (χ1) is 9.31. The van der Waals surface area contributed by atoms with Crippen molar-refractivity contribution in [1.82, 2.24) is 10.1 Å². The van der Waals surface area contributed by atoms with Crippen LogP contribution in [0.15, 0.2) is 28.8 Å². The van der Waals surface area contributed by atoms with Crippen molar-refractivity contribution in [2.75, 3.05) is 11.9 Å². The number of nitrogens with zero attached hydrogens (tertiary/aromatic N) is 2. The van der Waals surface area contributed by atoms with Crippen molar-refractivity contribution in [1.29, 1.82) is 0 Å². The van der Waals surface area contributed by atoms with Crippen molar-refractivity contribution in [3.63, 3.8) is 0 Å². The Morgan fingerprint density at radius 3 is 3.16 bits per heavy atom. The fraction of sp³-hybridized carbons (Fsp3) is 0.385. The number of nitrogens with one attached hydrogen (secondary N) is 1. The first-order valence-electron chi connectivity index (χ1n) is 6.25. The molecule has 1 aromatic heterocycles. The third kappa shape index (κ3) is 3.05. The lowest BCUT2D eigenvalue weighted by Crippen LogP contribution is -2.01. The lowest BCUT2D eigenvalue weighted by atomic mass is 10.2. The van der Waals surface area contributed by atoms with Gasteiger partial charge in [0.15, 0.2) is 0 Å². The molecule has 0 radical (unpaired) electrons. The van der Waals surface area contributed by atoms with Gasteiger partial charge in [0, 0.05) is 17.3 Å². The van der Waals surface area contributed by atoms with Gasteiger partial charge in [0.05, 0.1) is 6.54 Å². The highest BCUT2D eigenvalue weighted by Crippen LogP contribution is 2.26. The first-order valence-corrected chi connectivity index (χ1v) is 6.62. The third-order valence-electron chi connectivity index (χ3n) is 2.97. The van der Waals surface area contributed by atoms with Gasteiger partial charge in [-0.05, 0) is 31.0 Å². The fourth-order valence-corrected chi connectivity index (χ4v) is 2.22. The number of halogens is 1. The van der Waals surface area contributed by atoms with Crippen LogP contribution in [0.1, 0.15) is 30.7 Å². The number of anilines is 1. The summed E-state index contributed by atoms with van der Waals surface area (Å²) in [4.78, 5) is 4.33. The van der Waals surface area contributed by atoms with Gasteiger partial charge in [0.2, 0.25) is 11.7 Å². The molecule has 2 aromatic rings. The molecule has 0 amide bonds. The largest absolute Gasteiger partial charge is 0.376 e. The molecule has 5 nitrogen and oxygen atoms in total. The van der Waals surface area contributed by atoms with E-state index in [9.17, 15) is 0 Å². The maximum atomic E-state index is 5.91. The van der Waals surface area contributed by atoms with Crippen molar-refractivity contribution in [3.8, 4) is 0 Å². The van der Waals surface area contributed by atoms with Gasteiger partial charge >= 0.3 is 0 Å². The molecular formula is C13H14ClN3O2. The van der Waals surface area contributed by atoms with E-state index in [0.29, 0.717) is 23.3 Å². The summed E-state index contributed by atoms with van der Waals surface area (Å²) >= 11 is 5.91. The summed E-state index contributed by atoms with van der Waals surface area (Å²) in [5.41, 5.74) is 0.921. The lowest BCUT2D eigenvalue weighted by Gasteiger charge is -2.03. The molecule has 6 heteroatoms. The van der Waals surface area contributed by atoms with Crippen LogP contribution in [0.5, 0.6) is 0 Å². The van der Waals surface area contributed by atoms with Crippen LogP contribution in [0.25, 0.3) is 0 Å². The predicted octanol–water partition coefficient (Wildman–Crippen LogP) is 3.19. The summed E-state index contributed by atoms with van der Waals surface area (Å²) < 4.78 is 10.7. The quantitative estimate of drug-likeness (QED) is 0.931. The van der Waals surface area contributed by atoms with Gasteiger partial charge in [-0.15, -0.1) is 0 Å². The van der Waals surface area contributed by atoms with Gasteiger partial charge in [0.1, 0.15) is 6.10 Å². The molecule has 2 heterocycles. The zero-order valence-electron chi connectivity index (χ0n) is 10.3. The second kappa shape index (κ2) is 5.59. The number of ether oxygens (including phenoxy) is 1. The molecule has 0 saturated carbocycles. The highest BCUT2D eigenvalue weighted by atomic mass is 35.5. The lowest BCUT2D eigenvalue weighted by molar-refractivity contribution is 0.103. The van der Waals surface area contributed by atoms with Gasteiger partial charge in [-0.25, -0.2) is 0 Å². The molecule has 100 valence electrons. The molecule has 1 aliphatic rings. The summed E-state index contributed by atoms with van der Waals surface area (Å²) in [5.74, 6) is 1.19. The van der Waals surface area contributed by atoms with Gasteiger partial charge in [-0.1, -0.05) is 22.8 Å². The fourth-order valence-electron chi connectivity index (χ4n) is 2.03. The normalized spacial score (nSPS) is 18.7. The van der Waals surface area contributed by atoms with Crippen molar-refractivity contribution in [3.05, 3.63) is 41.0 Å². The van der Waals surface area contributed by atoms with Crippen molar-refractivity contribution >= 4 is 17.3 Å². The summed E-state index contributed by atoms with van der Waals surface area (Å²) in [6.07, 6.45) is 2.00. The maximum Gasteiger partial charge on any atom is 0.246 e. The summed E-state index contributed by atoms with van der Waals surface area (Å²) in [6.45, 7) is 1.25. The Kier molecular flexibility index (Phi) is 3.66. The van der Waals surface area contributed by atoms with Crippen molar-refractivity contribution in [2.45, 2.75) is 25.5 Å². The molecule has 19 heavy (non-hydrogen) atoms. The van der Waals surface area contributed by atoms with E-state index in [0.717, 1.165) is 25.1 Å². The second-order valence-electron chi connectivity index (χ2n) is 4.41. The molecule has 1 unspecified atom stereocenters. The minimum absolute atomic E-state index is 0.0105. The van der Waals surface area contributed by atoms with Gasteiger partial charge < -0.3 is 14.6 Å². The molecule has 1 N–H and O–H groups in total. The molecule has 3 rings (SSSR count). The van der Waals surface area contributed by atoms with Crippen LogP contribution in [-0.4, -0.2) is 16.7 Å². The first kappa shape index (κ1) is 12.4. The van der Waals surface area contributed by atoms with E-state index < -0.39 is 0 Å². The van der Waals surface area contributed by atoms with E-state index in [1.807, 2.05) is 24.3 Å². The van der Waals surface area contributed by atoms with E-state index in [1.54, 1.807) is 0 Å². The summed E-state index contributed by atoms with van der Waals surface area (Å²) in [6, 6.07) is 7.49.